The minimum atomic E-state index is -3.79. The van der Waals surface area contributed by atoms with Gasteiger partial charge >= 0.3 is 0 Å². The van der Waals surface area contributed by atoms with Crippen LogP contribution in [0.25, 0.3) is 0 Å². The topological polar surface area (TPSA) is 125 Å². The summed E-state index contributed by atoms with van der Waals surface area (Å²) < 4.78 is 32.8. The van der Waals surface area contributed by atoms with Gasteiger partial charge in [0.1, 0.15) is 11.8 Å². The molecule has 0 radical (unpaired) electrons. The zero-order chi connectivity index (χ0) is 25.8. The summed E-state index contributed by atoms with van der Waals surface area (Å²) in [6, 6.07) is 12.2. The fraction of sp³-hybridized carbons (Fsp3) is 0.440. The first-order chi connectivity index (χ1) is 16.7. The van der Waals surface area contributed by atoms with Gasteiger partial charge in [-0.15, -0.1) is 0 Å². The molecular weight excluding hydrogens is 470 g/mol. The number of ether oxygens (including phenoxy) is 1. The van der Waals surface area contributed by atoms with Crippen molar-refractivity contribution in [2.45, 2.75) is 44.0 Å². The standard InChI is InChI=1S/C25H35N3O6S/c1-4-5-14-26-25(31)24(20-7-6-8-21(18-20)34-3)28(16-17-29)23(30)13-15-27-35(32,33)22-11-9-19(2)10-12-22/h6-12,18,24,27,29H,4-5,13-17H2,1-3H3,(H,26,31). The van der Waals surface area contributed by atoms with Gasteiger partial charge in [0.2, 0.25) is 21.8 Å². The van der Waals surface area contributed by atoms with Crippen LogP contribution < -0.4 is 14.8 Å². The van der Waals surface area contributed by atoms with Gasteiger partial charge in [-0.25, -0.2) is 13.1 Å². The van der Waals surface area contributed by atoms with Gasteiger partial charge in [-0.3, -0.25) is 9.59 Å². The second-order valence-electron chi connectivity index (χ2n) is 8.10. The van der Waals surface area contributed by atoms with Crippen molar-refractivity contribution >= 4 is 21.8 Å². The molecule has 1 atom stereocenters. The van der Waals surface area contributed by atoms with Crippen LogP contribution in [0.2, 0.25) is 0 Å². The number of nitrogens with zero attached hydrogens (tertiary/aromatic N) is 1. The quantitative estimate of drug-likeness (QED) is 0.338. The van der Waals surface area contributed by atoms with Crippen LogP contribution in [-0.4, -0.2) is 63.6 Å². The maximum atomic E-state index is 13.2. The van der Waals surface area contributed by atoms with Crippen molar-refractivity contribution in [1.29, 1.82) is 0 Å². The number of carbonyl (C=O) groups is 2. The molecule has 1 unspecified atom stereocenters. The van der Waals surface area contributed by atoms with Crippen LogP contribution in [-0.2, 0) is 19.6 Å². The third-order valence-corrected chi connectivity index (χ3v) is 6.90. The molecule has 35 heavy (non-hydrogen) atoms. The van der Waals surface area contributed by atoms with E-state index in [4.69, 9.17) is 4.74 Å². The van der Waals surface area contributed by atoms with Gasteiger partial charge in [-0.1, -0.05) is 43.2 Å². The van der Waals surface area contributed by atoms with E-state index in [1.54, 1.807) is 36.4 Å². The van der Waals surface area contributed by atoms with Gasteiger partial charge in [0.05, 0.1) is 18.6 Å². The SMILES string of the molecule is CCCCNC(=O)C(c1cccc(OC)c1)N(CCO)C(=O)CCNS(=O)(=O)c1ccc(C)cc1. The molecule has 2 aromatic carbocycles. The molecule has 0 aromatic heterocycles. The van der Waals surface area contributed by atoms with Crippen molar-refractivity contribution < 1.29 is 27.9 Å². The second kappa shape index (κ2) is 13.8. The van der Waals surface area contributed by atoms with E-state index in [-0.39, 0.29) is 36.9 Å². The number of aliphatic hydroxyl groups is 1. The van der Waals surface area contributed by atoms with Gasteiger partial charge in [-0.05, 0) is 43.2 Å². The maximum Gasteiger partial charge on any atom is 0.247 e. The number of hydrogen-bond donors (Lipinski definition) is 3. The van der Waals surface area contributed by atoms with E-state index in [0.717, 1.165) is 18.4 Å². The molecule has 2 aromatic rings. The third kappa shape index (κ3) is 8.34. The Labute approximate surface area is 207 Å². The lowest BCUT2D eigenvalue weighted by Crippen LogP contribution is -2.46. The van der Waals surface area contributed by atoms with Crippen molar-refractivity contribution in [3.8, 4) is 5.75 Å². The lowest BCUT2D eigenvalue weighted by molar-refractivity contribution is -0.141. The van der Waals surface area contributed by atoms with E-state index in [2.05, 4.69) is 10.0 Å². The van der Waals surface area contributed by atoms with Crippen molar-refractivity contribution in [3.63, 3.8) is 0 Å². The molecular formula is C25H35N3O6S. The smallest absolute Gasteiger partial charge is 0.247 e. The largest absolute Gasteiger partial charge is 0.497 e. The number of unbranched alkanes of at least 4 members (excludes halogenated alkanes) is 1. The predicted octanol–water partition coefficient (Wildman–Crippen LogP) is 2.15. The van der Waals surface area contributed by atoms with Crippen LogP contribution in [0.15, 0.2) is 53.4 Å². The number of amides is 2. The fourth-order valence-corrected chi connectivity index (χ4v) is 4.54. The minimum absolute atomic E-state index is 0.0907. The van der Waals surface area contributed by atoms with E-state index >= 15 is 0 Å². The number of aryl methyl sites for hydroxylation is 1. The number of rotatable bonds is 14. The van der Waals surface area contributed by atoms with Gasteiger partial charge in [0.15, 0.2) is 0 Å². The van der Waals surface area contributed by atoms with Crippen LogP contribution >= 0.6 is 0 Å². The normalized spacial score (nSPS) is 12.1. The third-order valence-electron chi connectivity index (χ3n) is 5.42. The first kappa shape index (κ1) is 28.3. The maximum absolute atomic E-state index is 13.2. The Balaban J connectivity index is 2.21. The van der Waals surface area contributed by atoms with Crippen LogP contribution in [0.5, 0.6) is 5.75 Å². The van der Waals surface area contributed by atoms with Crippen molar-refractivity contribution in [1.82, 2.24) is 14.9 Å². The molecule has 10 heteroatoms. The van der Waals surface area contributed by atoms with E-state index in [0.29, 0.717) is 17.9 Å². The summed E-state index contributed by atoms with van der Waals surface area (Å²) in [6.07, 6.45) is 1.49. The second-order valence-corrected chi connectivity index (χ2v) is 9.86. The Morgan fingerprint density at radius 2 is 1.83 bits per heavy atom. The van der Waals surface area contributed by atoms with Crippen LogP contribution in [0.4, 0.5) is 0 Å². The summed E-state index contributed by atoms with van der Waals surface area (Å²) >= 11 is 0. The summed E-state index contributed by atoms with van der Waals surface area (Å²) in [7, 11) is -2.28. The number of carbonyl (C=O) groups excluding carboxylic acids is 2. The zero-order valence-electron chi connectivity index (χ0n) is 20.5. The van der Waals surface area contributed by atoms with Gasteiger partial charge in [0.25, 0.3) is 0 Å². The molecule has 0 heterocycles. The van der Waals surface area contributed by atoms with Crippen molar-refractivity contribution in [2.75, 3.05) is 33.4 Å². The van der Waals surface area contributed by atoms with Crippen LogP contribution in [0.3, 0.4) is 0 Å². The molecule has 0 spiro atoms. The zero-order valence-corrected chi connectivity index (χ0v) is 21.3. The Kier molecular flexibility index (Phi) is 11.2. The van der Waals surface area contributed by atoms with Crippen LogP contribution in [0.1, 0.15) is 43.4 Å². The molecule has 3 N–H and O–H groups in total. The van der Waals surface area contributed by atoms with E-state index in [1.165, 1.54) is 24.1 Å². The lowest BCUT2D eigenvalue weighted by atomic mass is 10.0. The van der Waals surface area contributed by atoms with Gasteiger partial charge in [0, 0.05) is 26.1 Å². The molecule has 0 fully saturated rings. The molecule has 0 aliphatic rings. The molecule has 0 aliphatic heterocycles. The molecule has 9 nitrogen and oxygen atoms in total. The highest BCUT2D eigenvalue weighted by Crippen LogP contribution is 2.25. The Morgan fingerprint density at radius 3 is 2.46 bits per heavy atom. The van der Waals surface area contributed by atoms with Crippen molar-refractivity contribution in [3.05, 3.63) is 59.7 Å². The summed E-state index contributed by atoms with van der Waals surface area (Å²) in [6.45, 7) is 3.71. The molecule has 192 valence electrons. The Bertz CT molecular complexity index is 1070. The van der Waals surface area contributed by atoms with E-state index in [1.807, 2.05) is 13.8 Å². The van der Waals surface area contributed by atoms with E-state index in [9.17, 15) is 23.1 Å². The molecule has 0 bridgehead atoms. The average molecular weight is 506 g/mol. The summed E-state index contributed by atoms with van der Waals surface area (Å²) in [5.74, 6) is -0.325. The number of benzene rings is 2. The number of methoxy groups -OCH3 is 1. The summed E-state index contributed by atoms with van der Waals surface area (Å²) in [5.41, 5.74) is 1.46. The lowest BCUT2D eigenvalue weighted by Gasteiger charge is -2.31. The summed E-state index contributed by atoms with van der Waals surface area (Å²) in [5, 5.41) is 12.5. The number of sulfonamides is 1. The highest BCUT2D eigenvalue weighted by molar-refractivity contribution is 7.89. The Morgan fingerprint density at radius 1 is 1.11 bits per heavy atom. The minimum Gasteiger partial charge on any atom is -0.497 e. The van der Waals surface area contributed by atoms with Gasteiger partial charge in [-0.2, -0.15) is 0 Å². The highest BCUT2D eigenvalue weighted by Gasteiger charge is 2.31. The Hall–Kier alpha value is -2.95. The highest BCUT2D eigenvalue weighted by atomic mass is 32.2. The number of aliphatic hydroxyl groups excluding tert-OH is 1. The van der Waals surface area contributed by atoms with E-state index < -0.39 is 22.0 Å². The monoisotopic (exact) mass is 505 g/mol. The number of nitrogens with one attached hydrogen (secondary N) is 2. The molecule has 0 saturated heterocycles. The first-order valence-electron chi connectivity index (χ1n) is 11.6. The molecule has 0 aliphatic carbocycles. The average Bonchev–Trinajstić information content (AvgIpc) is 2.84. The molecule has 2 amide bonds. The number of hydrogen-bond acceptors (Lipinski definition) is 6. The predicted molar refractivity (Wildman–Crippen MR) is 133 cm³/mol. The van der Waals surface area contributed by atoms with Crippen LogP contribution in [0, 0.1) is 6.92 Å². The molecule has 2 rings (SSSR count). The van der Waals surface area contributed by atoms with Crippen molar-refractivity contribution in [2.24, 2.45) is 0 Å². The van der Waals surface area contributed by atoms with Gasteiger partial charge < -0.3 is 20.1 Å². The fourth-order valence-electron chi connectivity index (χ4n) is 3.51. The first-order valence-corrected chi connectivity index (χ1v) is 13.1. The molecule has 0 saturated carbocycles. The summed E-state index contributed by atoms with van der Waals surface area (Å²) in [4.78, 5) is 27.7.